The van der Waals surface area contributed by atoms with E-state index >= 15 is 0 Å². The van der Waals surface area contributed by atoms with Crippen molar-refractivity contribution in [2.75, 3.05) is 0 Å². The van der Waals surface area contributed by atoms with E-state index in [2.05, 4.69) is 4.98 Å². The smallest absolute Gasteiger partial charge is 0.137 e. The zero-order valence-electron chi connectivity index (χ0n) is 7.29. The number of hydrogen-bond acceptors (Lipinski definition) is 3. The molecule has 0 fully saturated rings. The van der Waals surface area contributed by atoms with Crippen LogP contribution in [0.5, 0.6) is 0 Å². The van der Waals surface area contributed by atoms with Gasteiger partial charge in [0.05, 0.1) is 12.3 Å². The maximum atomic E-state index is 11.1. The highest BCUT2D eigenvalue weighted by Gasteiger charge is 2.16. The largest absolute Gasteiger partial charge is 0.390 e. The topological polar surface area (TPSA) is 50.2 Å². The summed E-state index contributed by atoms with van der Waals surface area (Å²) in [5.74, 6) is 0.283. The Morgan fingerprint density at radius 2 is 2.23 bits per heavy atom. The van der Waals surface area contributed by atoms with E-state index in [0.717, 1.165) is 17.7 Å². The van der Waals surface area contributed by atoms with Gasteiger partial charge in [0.25, 0.3) is 0 Å². The molecule has 0 aliphatic heterocycles. The molecule has 3 nitrogen and oxygen atoms in total. The van der Waals surface area contributed by atoms with Gasteiger partial charge in [-0.3, -0.25) is 9.78 Å². The number of hydrogen-bond donors (Lipinski definition) is 1. The first-order valence-electron chi connectivity index (χ1n) is 4.40. The number of rotatable bonds is 1. The SMILES string of the molecule is O=C1CCc2nc(CO)ccc2C1. The van der Waals surface area contributed by atoms with Crippen LogP contribution < -0.4 is 0 Å². The van der Waals surface area contributed by atoms with Crippen LogP contribution in [-0.2, 0) is 24.2 Å². The average molecular weight is 177 g/mol. The Kier molecular flexibility index (Phi) is 2.10. The Labute approximate surface area is 76.4 Å². The zero-order chi connectivity index (χ0) is 9.26. The van der Waals surface area contributed by atoms with Crippen LogP contribution in [0, 0.1) is 0 Å². The molecule has 0 spiro atoms. The summed E-state index contributed by atoms with van der Waals surface area (Å²) in [4.78, 5) is 15.4. The number of aromatic nitrogens is 1. The maximum absolute atomic E-state index is 11.1. The van der Waals surface area contributed by atoms with Crippen LogP contribution in [0.3, 0.4) is 0 Å². The van der Waals surface area contributed by atoms with E-state index in [1.165, 1.54) is 0 Å². The van der Waals surface area contributed by atoms with Crippen LogP contribution in [0.25, 0.3) is 0 Å². The zero-order valence-corrected chi connectivity index (χ0v) is 7.29. The number of nitrogens with zero attached hydrogens (tertiary/aromatic N) is 1. The summed E-state index contributed by atoms with van der Waals surface area (Å²) in [6.07, 6.45) is 1.82. The van der Waals surface area contributed by atoms with Crippen LogP contribution >= 0.6 is 0 Å². The fraction of sp³-hybridized carbons (Fsp3) is 0.400. The second-order valence-corrected chi connectivity index (χ2v) is 3.28. The van der Waals surface area contributed by atoms with Gasteiger partial charge in [0.2, 0.25) is 0 Å². The van der Waals surface area contributed by atoms with Gasteiger partial charge in [0.15, 0.2) is 0 Å². The summed E-state index contributed by atoms with van der Waals surface area (Å²) in [5, 5.41) is 8.86. The van der Waals surface area contributed by atoms with Gasteiger partial charge in [-0.25, -0.2) is 0 Å². The first-order chi connectivity index (χ1) is 6.29. The molecule has 1 N–H and O–H groups in total. The van der Waals surface area contributed by atoms with Crippen molar-refractivity contribution in [2.24, 2.45) is 0 Å². The van der Waals surface area contributed by atoms with Gasteiger partial charge < -0.3 is 5.11 Å². The average Bonchev–Trinajstić information content (AvgIpc) is 2.17. The summed E-state index contributed by atoms with van der Waals surface area (Å²) < 4.78 is 0. The molecule has 0 amide bonds. The van der Waals surface area contributed by atoms with Crippen molar-refractivity contribution in [3.8, 4) is 0 Å². The molecule has 1 aromatic rings. The molecule has 0 radical (unpaired) electrons. The third kappa shape index (κ3) is 1.60. The standard InChI is InChI=1S/C10H11NO2/c12-6-8-2-1-7-5-9(13)3-4-10(7)11-8/h1-2,12H,3-6H2. The summed E-state index contributed by atoms with van der Waals surface area (Å²) in [6, 6.07) is 3.67. The van der Waals surface area contributed by atoms with Crippen molar-refractivity contribution in [3.63, 3.8) is 0 Å². The lowest BCUT2D eigenvalue weighted by Gasteiger charge is -2.13. The molecule has 3 heteroatoms. The number of carbonyl (C=O) groups excluding carboxylic acids is 1. The summed E-state index contributed by atoms with van der Waals surface area (Å²) in [7, 11) is 0. The van der Waals surface area contributed by atoms with Gasteiger partial charge >= 0.3 is 0 Å². The molecule has 0 atom stereocenters. The highest BCUT2D eigenvalue weighted by molar-refractivity contribution is 5.82. The number of pyridine rings is 1. The first kappa shape index (κ1) is 8.38. The Morgan fingerprint density at radius 3 is 3.00 bits per heavy atom. The van der Waals surface area contributed by atoms with Crippen molar-refractivity contribution >= 4 is 5.78 Å². The predicted octanol–water partition coefficient (Wildman–Crippen LogP) is 0.632. The fourth-order valence-electron chi connectivity index (χ4n) is 1.60. The molecule has 1 aromatic heterocycles. The minimum Gasteiger partial charge on any atom is -0.390 e. The number of fused-ring (bicyclic) bond motifs is 1. The molecule has 0 unspecified atom stereocenters. The van der Waals surface area contributed by atoms with E-state index < -0.39 is 0 Å². The summed E-state index contributed by atoms with van der Waals surface area (Å²) >= 11 is 0. The summed E-state index contributed by atoms with van der Waals surface area (Å²) in [5.41, 5.74) is 2.69. The second kappa shape index (κ2) is 3.26. The lowest BCUT2D eigenvalue weighted by Crippen LogP contribution is -2.15. The number of aliphatic hydroxyl groups excluding tert-OH is 1. The van der Waals surface area contributed by atoms with E-state index in [1.807, 2.05) is 6.07 Å². The van der Waals surface area contributed by atoms with Crippen LogP contribution in [0.15, 0.2) is 12.1 Å². The molecular weight excluding hydrogens is 166 g/mol. The second-order valence-electron chi connectivity index (χ2n) is 3.28. The molecule has 68 valence electrons. The highest BCUT2D eigenvalue weighted by atomic mass is 16.3. The van der Waals surface area contributed by atoms with Gasteiger partial charge in [-0.05, 0) is 18.1 Å². The molecule has 2 rings (SSSR count). The molecule has 1 aliphatic rings. The minimum absolute atomic E-state index is 0.0266. The molecule has 1 aliphatic carbocycles. The first-order valence-corrected chi connectivity index (χ1v) is 4.40. The lowest BCUT2D eigenvalue weighted by molar-refractivity contribution is -0.118. The number of Topliss-reactive ketones (excluding diaryl/α,β-unsaturated/α-hetero) is 1. The molecular formula is C10H11NO2. The van der Waals surface area contributed by atoms with Crippen molar-refractivity contribution in [1.82, 2.24) is 4.98 Å². The lowest BCUT2D eigenvalue weighted by atomic mass is 9.95. The number of aliphatic hydroxyl groups is 1. The Balaban J connectivity index is 2.36. The Bertz CT molecular complexity index is 347. The third-order valence-corrected chi connectivity index (χ3v) is 2.32. The number of ketones is 1. The van der Waals surface area contributed by atoms with Gasteiger partial charge in [-0.1, -0.05) is 6.07 Å². The maximum Gasteiger partial charge on any atom is 0.137 e. The Hall–Kier alpha value is -1.22. The monoisotopic (exact) mass is 177 g/mol. The van der Waals surface area contributed by atoms with Crippen molar-refractivity contribution < 1.29 is 9.90 Å². The fourth-order valence-corrected chi connectivity index (χ4v) is 1.60. The number of carbonyl (C=O) groups is 1. The molecule has 0 saturated carbocycles. The predicted molar refractivity (Wildman–Crippen MR) is 47.2 cm³/mol. The van der Waals surface area contributed by atoms with E-state index in [0.29, 0.717) is 18.5 Å². The molecule has 0 bridgehead atoms. The van der Waals surface area contributed by atoms with E-state index in [4.69, 9.17) is 5.11 Å². The van der Waals surface area contributed by atoms with Crippen molar-refractivity contribution in [2.45, 2.75) is 25.9 Å². The third-order valence-electron chi connectivity index (χ3n) is 2.32. The molecule has 13 heavy (non-hydrogen) atoms. The van der Waals surface area contributed by atoms with E-state index in [-0.39, 0.29) is 12.4 Å². The van der Waals surface area contributed by atoms with E-state index in [9.17, 15) is 4.79 Å². The van der Waals surface area contributed by atoms with E-state index in [1.54, 1.807) is 6.07 Å². The van der Waals surface area contributed by atoms with Gasteiger partial charge in [0, 0.05) is 18.5 Å². The minimum atomic E-state index is -0.0266. The van der Waals surface area contributed by atoms with Crippen molar-refractivity contribution in [3.05, 3.63) is 29.1 Å². The quantitative estimate of drug-likeness (QED) is 0.684. The highest BCUT2D eigenvalue weighted by Crippen LogP contribution is 2.17. The van der Waals surface area contributed by atoms with Gasteiger partial charge in [-0.15, -0.1) is 0 Å². The van der Waals surface area contributed by atoms with Crippen LogP contribution in [0.2, 0.25) is 0 Å². The Morgan fingerprint density at radius 1 is 1.38 bits per heavy atom. The number of aryl methyl sites for hydroxylation is 1. The van der Waals surface area contributed by atoms with Gasteiger partial charge in [0.1, 0.15) is 5.78 Å². The normalized spacial score (nSPS) is 15.6. The molecule has 0 saturated heterocycles. The molecule has 0 aromatic carbocycles. The van der Waals surface area contributed by atoms with Crippen molar-refractivity contribution in [1.29, 1.82) is 0 Å². The van der Waals surface area contributed by atoms with Crippen LogP contribution in [0.1, 0.15) is 23.4 Å². The van der Waals surface area contributed by atoms with Crippen LogP contribution in [0.4, 0.5) is 0 Å². The van der Waals surface area contributed by atoms with Gasteiger partial charge in [-0.2, -0.15) is 0 Å². The van der Waals surface area contributed by atoms with Crippen LogP contribution in [-0.4, -0.2) is 15.9 Å². The molecule has 1 heterocycles. The summed E-state index contributed by atoms with van der Waals surface area (Å²) in [6.45, 7) is -0.0266.